The van der Waals surface area contributed by atoms with E-state index in [-0.39, 0.29) is 0 Å². The summed E-state index contributed by atoms with van der Waals surface area (Å²) in [5.74, 6) is 2.15. The molecule has 1 aliphatic heterocycles. The van der Waals surface area contributed by atoms with Crippen LogP contribution in [0.5, 0.6) is 17.2 Å². The van der Waals surface area contributed by atoms with Crippen molar-refractivity contribution in [3.63, 3.8) is 0 Å². The molecule has 0 bridgehead atoms. The van der Waals surface area contributed by atoms with Crippen LogP contribution in [-0.4, -0.2) is 41.8 Å². The lowest BCUT2D eigenvalue weighted by molar-refractivity contribution is 0.172. The minimum atomic E-state index is 0.345. The normalized spacial score (nSPS) is 15.9. The first-order chi connectivity index (χ1) is 16.1. The van der Waals surface area contributed by atoms with Gasteiger partial charge in [0.1, 0.15) is 6.33 Å². The van der Waals surface area contributed by atoms with Gasteiger partial charge in [0.2, 0.25) is 5.75 Å². The standard InChI is InChI=1S/C27H29N3O3/c1-18-13-21-20(14-25(31-2)27(33-4)26(21)32-3)16-29(18)15-19-9-5-7-11-23(19)30-17-28-22-10-6-8-12-24(22)30/h5-12,14,17-18H,13,15-16H2,1-4H3. The summed E-state index contributed by atoms with van der Waals surface area (Å²) in [5.41, 5.74) is 6.96. The van der Waals surface area contributed by atoms with Gasteiger partial charge in [-0.05, 0) is 48.7 Å². The highest BCUT2D eigenvalue weighted by Crippen LogP contribution is 2.44. The van der Waals surface area contributed by atoms with Gasteiger partial charge in [0, 0.05) is 24.7 Å². The Morgan fingerprint density at radius 1 is 0.939 bits per heavy atom. The van der Waals surface area contributed by atoms with Crippen molar-refractivity contribution in [2.24, 2.45) is 0 Å². The maximum Gasteiger partial charge on any atom is 0.203 e. The lowest BCUT2D eigenvalue weighted by atomic mass is 9.92. The highest BCUT2D eigenvalue weighted by atomic mass is 16.5. The van der Waals surface area contributed by atoms with Crippen LogP contribution in [0.15, 0.2) is 60.9 Å². The smallest absolute Gasteiger partial charge is 0.203 e. The topological polar surface area (TPSA) is 48.8 Å². The van der Waals surface area contributed by atoms with Crippen molar-refractivity contribution in [2.75, 3.05) is 21.3 Å². The summed E-state index contributed by atoms with van der Waals surface area (Å²) in [7, 11) is 5.01. The van der Waals surface area contributed by atoms with Crippen molar-refractivity contribution in [1.29, 1.82) is 0 Å². The number of ether oxygens (including phenoxy) is 3. The van der Waals surface area contributed by atoms with E-state index < -0.39 is 0 Å². The first-order valence-corrected chi connectivity index (χ1v) is 11.2. The van der Waals surface area contributed by atoms with Gasteiger partial charge in [0.05, 0.1) is 38.1 Å². The molecule has 2 heterocycles. The average Bonchev–Trinajstić information content (AvgIpc) is 3.27. The van der Waals surface area contributed by atoms with Crippen molar-refractivity contribution < 1.29 is 14.2 Å². The maximum atomic E-state index is 5.75. The van der Waals surface area contributed by atoms with E-state index in [9.17, 15) is 0 Å². The monoisotopic (exact) mass is 443 g/mol. The zero-order chi connectivity index (χ0) is 22.9. The van der Waals surface area contributed by atoms with Gasteiger partial charge in [0.25, 0.3) is 0 Å². The van der Waals surface area contributed by atoms with Crippen LogP contribution in [0, 0.1) is 0 Å². The largest absolute Gasteiger partial charge is 0.493 e. The van der Waals surface area contributed by atoms with Gasteiger partial charge in [-0.15, -0.1) is 0 Å². The summed E-state index contributed by atoms with van der Waals surface area (Å²) in [6.07, 6.45) is 2.80. The second kappa shape index (κ2) is 8.79. The number of benzene rings is 3. The summed E-state index contributed by atoms with van der Waals surface area (Å²) in [4.78, 5) is 7.10. The Hall–Kier alpha value is -3.51. The summed E-state index contributed by atoms with van der Waals surface area (Å²) in [5, 5.41) is 0. The van der Waals surface area contributed by atoms with E-state index in [4.69, 9.17) is 14.2 Å². The Bertz CT molecular complexity index is 1300. The van der Waals surface area contributed by atoms with E-state index in [1.54, 1.807) is 21.3 Å². The van der Waals surface area contributed by atoms with Gasteiger partial charge in [-0.2, -0.15) is 0 Å². The second-order valence-corrected chi connectivity index (χ2v) is 8.47. The predicted molar refractivity (Wildman–Crippen MR) is 130 cm³/mol. The molecule has 0 spiro atoms. The molecule has 6 nitrogen and oxygen atoms in total. The Morgan fingerprint density at radius 2 is 1.70 bits per heavy atom. The molecule has 1 atom stereocenters. The zero-order valence-electron chi connectivity index (χ0n) is 19.5. The third-order valence-electron chi connectivity index (χ3n) is 6.60. The first kappa shape index (κ1) is 21.3. The molecule has 0 saturated carbocycles. The molecule has 0 radical (unpaired) electrons. The minimum absolute atomic E-state index is 0.345. The number of hydrogen-bond donors (Lipinski definition) is 0. The highest BCUT2D eigenvalue weighted by Gasteiger charge is 2.29. The van der Waals surface area contributed by atoms with Crippen molar-refractivity contribution in [3.05, 3.63) is 77.6 Å². The van der Waals surface area contributed by atoms with Crippen LogP contribution >= 0.6 is 0 Å². The van der Waals surface area contributed by atoms with Crippen molar-refractivity contribution in [2.45, 2.75) is 32.5 Å². The van der Waals surface area contributed by atoms with Crippen LogP contribution < -0.4 is 14.2 Å². The molecular weight excluding hydrogens is 414 g/mol. The molecule has 1 aromatic heterocycles. The van der Waals surface area contributed by atoms with E-state index in [2.05, 4.69) is 63.8 Å². The Balaban J connectivity index is 1.50. The van der Waals surface area contributed by atoms with Gasteiger partial charge >= 0.3 is 0 Å². The predicted octanol–water partition coefficient (Wildman–Crippen LogP) is 5.00. The molecule has 0 amide bonds. The Labute approximate surface area is 194 Å². The molecule has 1 aliphatic rings. The highest BCUT2D eigenvalue weighted by molar-refractivity contribution is 5.77. The van der Waals surface area contributed by atoms with E-state index in [0.717, 1.165) is 42.0 Å². The van der Waals surface area contributed by atoms with Crippen LogP contribution in [0.1, 0.15) is 23.6 Å². The van der Waals surface area contributed by atoms with E-state index >= 15 is 0 Å². The fourth-order valence-electron chi connectivity index (χ4n) is 4.89. The summed E-state index contributed by atoms with van der Waals surface area (Å²) in [6, 6.07) is 19.3. The first-order valence-electron chi connectivity index (χ1n) is 11.2. The molecule has 6 heteroatoms. The van der Waals surface area contributed by atoms with Crippen LogP contribution in [0.25, 0.3) is 16.7 Å². The van der Waals surface area contributed by atoms with Gasteiger partial charge in [0.15, 0.2) is 11.5 Å². The van der Waals surface area contributed by atoms with E-state index in [1.165, 1.54) is 16.7 Å². The van der Waals surface area contributed by atoms with Gasteiger partial charge in [-0.1, -0.05) is 30.3 Å². The molecule has 3 aromatic carbocycles. The fraction of sp³-hybridized carbons (Fsp3) is 0.296. The van der Waals surface area contributed by atoms with Crippen LogP contribution in [0.4, 0.5) is 0 Å². The Kier molecular flexibility index (Phi) is 5.68. The molecule has 170 valence electrons. The molecule has 0 saturated heterocycles. The zero-order valence-corrected chi connectivity index (χ0v) is 19.5. The molecule has 0 aliphatic carbocycles. The van der Waals surface area contributed by atoms with Gasteiger partial charge in [-0.3, -0.25) is 9.47 Å². The number of hydrogen-bond acceptors (Lipinski definition) is 5. The van der Waals surface area contributed by atoms with Crippen molar-refractivity contribution in [3.8, 4) is 22.9 Å². The summed E-state index contributed by atoms with van der Waals surface area (Å²) < 4.78 is 19.1. The fourth-order valence-corrected chi connectivity index (χ4v) is 4.89. The second-order valence-electron chi connectivity index (χ2n) is 8.47. The molecular formula is C27H29N3O3. The van der Waals surface area contributed by atoms with Crippen LogP contribution in [0.3, 0.4) is 0 Å². The SMILES string of the molecule is COc1cc2c(c(OC)c1OC)CC(C)N(Cc1ccccc1-n1cnc3ccccc31)C2. The molecule has 1 unspecified atom stereocenters. The van der Waals surface area contributed by atoms with Crippen molar-refractivity contribution in [1.82, 2.24) is 14.5 Å². The van der Waals surface area contributed by atoms with Crippen LogP contribution in [0.2, 0.25) is 0 Å². The van der Waals surface area contributed by atoms with Gasteiger partial charge in [-0.25, -0.2) is 4.98 Å². The Morgan fingerprint density at radius 3 is 2.48 bits per heavy atom. The molecule has 4 aromatic rings. The quantitative estimate of drug-likeness (QED) is 0.420. The molecule has 5 rings (SSSR count). The number of aromatic nitrogens is 2. The third kappa shape index (κ3) is 3.70. The summed E-state index contributed by atoms with van der Waals surface area (Å²) in [6.45, 7) is 3.92. The van der Waals surface area contributed by atoms with Crippen molar-refractivity contribution >= 4 is 11.0 Å². The van der Waals surface area contributed by atoms with Crippen LogP contribution in [-0.2, 0) is 19.5 Å². The summed E-state index contributed by atoms with van der Waals surface area (Å²) >= 11 is 0. The average molecular weight is 444 g/mol. The lowest BCUT2D eigenvalue weighted by Gasteiger charge is -2.36. The van der Waals surface area contributed by atoms with Gasteiger partial charge < -0.3 is 14.2 Å². The molecule has 0 fully saturated rings. The number of imidazole rings is 1. The number of fused-ring (bicyclic) bond motifs is 2. The number of methoxy groups -OCH3 is 3. The van der Waals surface area contributed by atoms with E-state index in [0.29, 0.717) is 17.5 Å². The number of nitrogens with zero attached hydrogens (tertiary/aromatic N) is 3. The molecule has 0 N–H and O–H groups in total. The minimum Gasteiger partial charge on any atom is -0.493 e. The maximum absolute atomic E-state index is 5.75. The number of para-hydroxylation sites is 3. The van der Waals surface area contributed by atoms with E-state index in [1.807, 2.05) is 18.5 Å². The lowest BCUT2D eigenvalue weighted by Crippen LogP contribution is -2.38. The number of rotatable bonds is 6. The molecule has 33 heavy (non-hydrogen) atoms. The third-order valence-corrected chi connectivity index (χ3v) is 6.60.